The van der Waals surface area contributed by atoms with Gasteiger partial charge in [-0.15, -0.1) is 0 Å². The van der Waals surface area contributed by atoms with E-state index in [9.17, 15) is 0 Å². The molecule has 0 bridgehead atoms. The fraction of sp³-hybridized carbons (Fsp3) is 1.00. The van der Waals surface area contributed by atoms with E-state index in [1.54, 1.807) is 52.4 Å². The van der Waals surface area contributed by atoms with Gasteiger partial charge in [-0.3, -0.25) is 0 Å². The first-order valence-corrected chi connectivity index (χ1v) is 17.1. The van der Waals surface area contributed by atoms with Gasteiger partial charge in [0.25, 0.3) is 0 Å². The molecule has 0 spiro atoms. The molecule has 0 amide bonds. The molecule has 4 N–H and O–H groups in total. The van der Waals surface area contributed by atoms with Crippen molar-refractivity contribution in [1.82, 2.24) is 0 Å². The molecule has 6 nitrogen and oxygen atoms in total. The lowest BCUT2D eigenvalue weighted by Gasteiger charge is -2.23. The molecule has 18 heavy (non-hydrogen) atoms. The van der Waals surface area contributed by atoms with Crippen LogP contribution in [0.15, 0.2) is 0 Å². The highest BCUT2D eigenvalue weighted by Crippen LogP contribution is 2.08. The van der Waals surface area contributed by atoms with E-state index in [2.05, 4.69) is 0 Å². The van der Waals surface area contributed by atoms with Crippen molar-refractivity contribution in [3.8, 4) is 0 Å². The van der Waals surface area contributed by atoms with Crippen molar-refractivity contribution in [2.75, 3.05) is 0 Å². The molecule has 0 aliphatic carbocycles. The summed E-state index contributed by atoms with van der Waals surface area (Å²) in [6.45, 7) is 13.1. The molecular formula is C8H28O6Si4. The minimum atomic E-state index is -2.48. The summed E-state index contributed by atoms with van der Waals surface area (Å²) in [6.07, 6.45) is 0. The van der Waals surface area contributed by atoms with Gasteiger partial charge in [-0.1, -0.05) is 0 Å². The first-order valence-electron chi connectivity index (χ1n) is 5.71. The minimum absolute atomic E-state index is 1.64. The van der Waals surface area contributed by atoms with E-state index >= 15 is 0 Å². The molecule has 0 fully saturated rings. The van der Waals surface area contributed by atoms with Crippen molar-refractivity contribution in [3.63, 3.8) is 0 Å². The number of rotatable bonds is 4. The van der Waals surface area contributed by atoms with Crippen LogP contribution in [0.1, 0.15) is 0 Å². The molecule has 0 rings (SSSR count). The highest BCUT2D eigenvalue weighted by Gasteiger charge is 2.30. The summed E-state index contributed by atoms with van der Waals surface area (Å²) in [4.78, 5) is 36.6. The molecule has 0 saturated carbocycles. The second kappa shape index (κ2) is 6.87. The van der Waals surface area contributed by atoms with Gasteiger partial charge in [-0.25, -0.2) is 0 Å². The van der Waals surface area contributed by atoms with Gasteiger partial charge in [0.2, 0.25) is 0 Å². The van der Waals surface area contributed by atoms with Crippen LogP contribution in [-0.4, -0.2) is 53.4 Å². The monoisotopic (exact) mass is 332 g/mol. The summed E-state index contributed by atoms with van der Waals surface area (Å²) in [5.74, 6) is 0. The maximum absolute atomic E-state index is 9.14. The van der Waals surface area contributed by atoms with Crippen molar-refractivity contribution < 1.29 is 27.4 Å². The van der Waals surface area contributed by atoms with E-state index in [0.717, 1.165) is 0 Å². The molecule has 0 aliphatic rings. The predicted molar refractivity (Wildman–Crippen MR) is 81.0 cm³/mol. The first kappa shape index (κ1) is 20.9. The zero-order chi connectivity index (χ0) is 15.4. The predicted octanol–water partition coefficient (Wildman–Crippen LogP) is 0.782. The second-order valence-electron chi connectivity index (χ2n) is 5.99. The molecule has 0 unspecified atom stereocenters. The zero-order valence-electron chi connectivity index (χ0n) is 12.6. The van der Waals surface area contributed by atoms with Crippen molar-refractivity contribution in [2.45, 2.75) is 52.4 Å². The minimum Gasteiger partial charge on any atom is -0.415 e. The normalized spacial score (nSPS) is 14.0. The Balaban J connectivity index is 0. The lowest BCUT2D eigenvalue weighted by Crippen LogP contribution is -2.44. The van der Waals surface area contributed by atoms with Crippen molar-refractivity contribution in [3.05, 3.63) is 0 Å². The molecule has 0 saturated heterocycles. The molecular weight excluding hydrogens is 304 g/mol. The Bertz CT molecular complexity index is 184. The third kappa shape index (κ3) is 25.5. The van der Waals surface area contributed by atoms with Crippen LogP contribution in [-0.2, 0) is 8.23 Å². The fourth-order valence-corrected chi connectivity index (χ4v) is 11.0. The molecule has 112 valence electrons. The van der Waals surface area contributed by atoms with Gasteiger partial charge in [-0.05, 0) is 52.4 Å². The van der Waals surface area contributed by atoms with Crippen molar-refractivity contribution in [1.29, 1.82) is 0 Å². The van der Waals surface area contributed by atoms with Crippen molar-refractivity contribution >= 4 is 34.2 Å². The highest BCUT2D eigenvalue weighted by molar-refractivity contribution is 6.77. The van der Waals surface area contributed by atoms with Gasteiger partial charge in [0.15, 0.2) is 0 Å². The van der Waals surface area contributed by atoms with Gasteiger partial charge in [-0.2, -0.15) is 0 Å². The van der Waals surface area contributed by atoms with Crippen LogP contribution in [0.2, 0.25) is 52.4 Å². The number of hydrogen-bond donors (Lipinski definition) is 4. The Morgan fingerprint density at radius 3 is 0.556 bits per heavy atom. The summed E-state index contributed by atoms with van der Waals surface area (Å²) < 4.78 is 10.0. The summed E-state index contributed by atoms with van der Waals surface area (Å²) in [5.41, 5.74) is 0. The summed E-state index contributed by atoms with van der Waals surface area (Å²) in [5, 5.41) is 0. The molecule has 10 heteroatoms. The number of hydrogen-bond acceptors (Lipinski definition) is 6. The van der Waals surface area contributed by atoms with Gasteiger partial charge >= 0.3 is 34.2 Å². The van der Waals surface area contributed by atoms with Crippen LogP contribution < -0.4 is 0 Å². The van der Waals surface area contributed by atoms with E-state index in [4.69, 9.17) is 27.4 Å². The van der Waals surface area contributed by atoms with Crippen LogP contribution in [0.5, 0.6) is 0 Å². The maximum Gasteiger partial charge on any atom is 0.320 e. The van der Waals surface area contributed by atoms with Crippen molar-refractivity contribution in [2.24, 2.45) is 0 Å². The molecule has 0 atom stereocenters. The Morgan fingerprint density at radius 1 is 0.444 bits per heavy atom. The summed E-state index contributed by atoms with van der Waals surface area (Å²) >= 11 is 0. The molecule has 0 aliphatic heterocycles. The third-order valence-electron chi connectivity index (χ3n) is 0.999. The first-order chi connectivity index (χ1) is 7.41. The molecule has 0 aromatic carbocycles. The Hall–Kier alpha value is 0.628. The zero-order valence-corrected chi connectivity index (χ0v) is 16.6. The van der Waals surface area contributed by atoms with Gasteiger partial charge < -0.3 is 27.4 Å². The molecule has 0 aromatic rings. The van der Waals surface area contributed by atoms with Crippen LogP contribution in [0.25, 0.3) is 0 Å². The Morgan fingerprint density at radius 2 is 0.556 bits per heavy atom. The van der Waals surface area contributed by atoms with Crippen LogP contribution in [0.4, 0.5) is 0 Å². The Labute approximate surface area is 114 Å². The van der Waals surface area contributed by atoms with Crippen LogP contribution in [0, 0.1) is 0 Å². The lowest BCUT2D eigenvalue weighted by molar-refractivity contribution is 0.319. The molecule has 0 radical (unpaired) electrons. The highest BCUT2D eigenvalue weighted by atomic mass is 28.5. The Kier molecular flexibility index (Phi) is 7.99. The average Bonchev–Trinajstić information content (AvgIpc) is 1.64. The van der Waals surface area contributed by atoms with E-state index in [1.165, 1.54) is 0 Å². The van der Waals surface area contributed by atoms with Crippen LogP contribution >= 0.6 is 0 Å². The quantitative estimate of drug-likeness (QED) is 0.568. The smallest absolute Gasteiger partial charge is 0.320 e. The van der Waals surface area contributed by atoms with E-state index in [-0.39, 0.29) is 0 Å². The van der Waals surface area contributed by atoms with E-state index in [0.29, 0.717) is 0 Å². The third-order valence-corrected chi connectivity index (χ3v) is 8.99. The van der Waals surface area contributed by atoms with Gasteiger partial charge in [0.05, 0.1) is 0 Å². The van der Waals surface area contributed by atoms with Crippen LogP contribution in [0.3, 0.4) is 0 Å². The standard InChI is InChI=1S/2C4H14O3Si2/c2*1-8(2,5)7-9(3,4)6/h2*5-6H,1-4H3. The topological polar surface area (TPSA) is 99.4 Å². The largest absolute Gasteiger partial charge is 0.415 e. The summed E-state index contributed by atoms with van der Waals surface area (Å²) in [7, 11) is -9.92. The maximum atomic E-state index is 9.14. The molecule has 0 heterocycles. The molecule has 0 aromatic heterocycles. The van der Waals surface area contributed by atoms with E-state index < -0.39 is 34.2 Å². The van der Waals surface area contributed by atoms with Gasteiger partial charge in [0, 0.05) is 0 Å². The average molecular weight is 333 g/mol. The van der Waals surface area contributed by atoms with E-state index in [1.807, 2.05) is 0 Å². The second-order valence-corrected chi connectivity index (χ2v) is 19.2. The van der Waals surface area contributed by atoms with Gasteiger partial charge in [0.1, 0.15) is 0 Å². The SMILES string of the molecule is C[Si](C)(O)O[Si](C)(C)O.C[Si](C)(O)O[Si](C)(C)O. The fourth-order valence-electron chi connectivity index (χ4n) is 1.22. The lowest BCUT2D eigenvalue weighted by atomic mass is 11.9. The summed E-state index contributed by atoms with van der Waals surface area (Å²) in [6, 6.07) is 0.